The van der Waals surface area contributed by atoms with Gasteiger partial charge in [0.25, 0.3) is 0 Å². The molecule has 0 spiro atoms. The van der Waals surface area contributed by atoms with Gasteiger partial charge in [0, 0.05) is 37.0 Å². The average molecular weight is 910 g/mol. The molecule has 6 rings (SSSR count). The van der Waals surface area contributed by atoms with E-state index in [-0.39, 0.29) is 42.5 Å². The van der Waals surface area contributed by atoms with E-state index in [0.29, 0.717) is 5.71 Å². The molecule has 0 amide bonds. The number of carbonyl (C=O) groups is 1. The molecule has 0 bridgehead atoms. The van der Waals surface area contributed by atoms with Crippen LogP contribution in [0.2, 0.25) is 17.3 Å². The number of aliphatic hydroxyl groups is 1. The van der Waals surface area contributed by atoms with Crippen molar-refractivity contribution < 1.29 is 34.4 Å². The van der Waals surface area contributed by atoms with Crippen LogP contribution in [0.3, 0.4) is 0 Å². The fourth-order valence-electron chi connectivity index (χ4n) is 6.33. The van der Waals surface area contributed by atoms with Crippen LogP contribution < -0.4 is 4.40 Å². The fourth-order valence-corrected chi connectivity index (χ4v) is 9.70. The number of hydrogen-bond donors (Lipinski definition) is 1. The number of nitrogens with zero attached hydrogens (tertiary/aromatic N) is 3. The van der Waals surface area contributed by atoms with E-state index in [1.807, 2.05) is 72.7 Å². The third-order valence-electron chi connectivity index (χ3n) is 10.7. The summed E-state index contributed by atoms with van der Waals surface area (Å²) in [6, 6.07) is 22.3. The summed E-state index contributed by atoms with van der Waals surface area (Å²) in [4.78, 5) is 26.4. The first-order chi connectivity index (χ1) is 23.2. The van der Waals surface area contributed by atoms with Gasteiger partial charge in [0.15, 0.2) is 5.78 Å². The normalized spacial score (nSPS) is 12.6. The number of furan rings is 1. The number of aliphatic hydroxyl groups excluding tert-OH is 1. The largest absolute Gasteiger partial charge is 0 e. The Labute approximate surface area is 312 Å². The molecule has 6 nitrogen and oxygen atoms in total. The molecule has 6 aromatic rings. The van der Waals surface area contributed by atoms with E-state index < -0.39 is 13.3 Å². The van der Waals surface area contributed by atoms with E-state index in [1.54, 1.807) is 6.20 Å². The van der Waals surface area contributed by atoms with Crippen molar-refractivity contribution in [1.29, 1.82) is 0 Å². The maximum Gasteiger partial charge on any atom is 0 e. The molecule has 0 aliphatic heterocycles. The second-order valence-corrected chi connectivity index (χ2v) is 25.3. The zero-order valence-electron chi connectivity index (χ0n) is 31.1. The maximum absolute atomic E-state index is 12.2. The molecule has 50 heavy (non-hydrogen) atoms. The number of rotatable bonds is 9. The monoisotopic (exact) mass is 911 g/mol. The molecular formula is C42H50GeIrN3O3-. The van der Waals surface area contributed by atoms with Gasteiger partial charge in [-0.3, -0.25) is 4.79 Å². The number of carbonyl (C=O) groups excluding carboxylic acids is 1. The zero-order valence-corrected chi connectivity index (χ0v) is 35.6. The van der Waals surface area contributed by atoms with Gasteiger partial charge in [-0.25, -0.2) is 0 Å². The van der Waals surface area contributed by atoms with Crippen LogP contribution in [0.25, 0.3) is 55.0 Å². The van der Waals surface area contributed by atoms with Crippen molar-refractivity contribution in [3.8, 4) is 11.3 Å². The van der Waals surface area contributed by atoms with E-state index in [0.717, 1.165) is 70.0 Å². The Kier molecular flexibility index (Phi) is 12.2. The fraction of sp³-hybridized carbons (Fsp3) is 0.381. The SMILES string of the molecule is CCC(C)(CC)C(=O)/C=C(\O)C(C)(CC)CC.Cc1nc(-c2[c-]ccc3c2oc2ncccc23)c2ccc3ccc[c]([Ge]([CH3])([CH3])[CH3])c3c2n1.[Ir]. The van der Waals surface area contributed by atoms with Crippen LogP contribution in [0.4, 0.5) is 0 Å². The summed E-state index contributed by atoms with van der Waals surface area (Å²) in [5.41, 5.74) is 3.52. The van der Waals surface area contributed by atoms with Gasteiger partial charge >= 0.3 is 189 Å². The summed E-state index contributed by atoms with van der Waals surface area (Å²) in [6.45, 7) is 14.0. The second-order valence-electron chi connectivity index (χ2n) is 14.7. The summed E-state index contributed by atoms with van der Waals surface area (Å²) < 4.78 is 7.66. The van der Waals surface area contributed by atoms with Gasteiger partial charge in [0.05, 0.1) is 0 Å². The van der Waals surface area contributed by atoms with E-state index >= 15 is 0 Å². The maximum atomic E-state index is 12.2. The summed E-state index contributed by atoms with van der Waals surface area (Å²) in [7, 11) is 0. The first kappa shape index (κ1) is 39.4. The summed E-state index contributed by atoms with van der Waals surface area (Å²) in [5.74, 6) is 8.32. The topological polar surface area (TPSA) is 89.1 Å². The number of aryl methyl sites for hydroxylation is 1. The van der Waals surface area contributed by atoms with Crippen molar-refractivity contribution in [3.63, 3.8) is 0 Å². The smallest absolute Gasteiger partial charge is 0 e. The van der Waals surface area contributed by atoms with Crippen molar-refractivity contribution in [1.82, 2.24) is 15.0 Å². The van der Waals surface area contributed by atoms with Crippen molar-refractivity contribution in [3.05, 3.63) is 84.5 Å². The molecule has 0 fully saturated rings. The van der Waals surface area contributed by atoms with E-state index in [1.165, 1.54) is 21.2 Å². The molecule has 1 radical (unpaired) electrons. The van der Waals surface area contributed by atoms with E-state index in [9.17, 15) is 9.90 Å². The predicted molar refractivity (Wildman–Crippen MR) is 207 cm³/mol. The van der Waals surface area contributed by atoms with Gasteiger partial charge in [-0.2, -0.15) is 0 Å². The van der Waals surface area contributed by atoms with Gasteiger partial charge < -0.3 is 5.11 Å². The Morgan fingerprint density at radius 3 is 2.20 bits per heavy atom. The number of ketones is 1. The molecule has 8 heteroatoms. The quantitative estimate of drug-likeness (QED) is 0.0511. The molecule has 3 aromatic carbocycles. The van der Waals surface area contributed by atoms with Crippen LogP contribution in [-0.2, 0) is 24.9 Å². The Bertz CT molecular complexity index is 2190. The number of aromatic nitrogens is 3. The number of benzene rings is 3. The van der Waals surface area contributed by atoms with Crippen molar-refractivity contribution in [2.24, 2.45) is 10.8 Å². The van der Waals surface area contributed by atoms with E-state index in [2.05, 4.69) is 58.7 Å². The first-order valence-corrected chi connectivity index (χ1v) is 24.9. The minimum absolute atomic E-state index is 0. The van der Waals surface area contributed by atoms with Crippen molar-refractivity contribution in [2.75, 3.05) is 0 Å². The van der Waals surface area contributed by atoms with Crippen molar-refractivity contribution >= 4 is 67.2 Å². The molecular weight excluding hydrogens is 859 g/mol. The van der Waals surface area contributed by atoms with Crippen LogP contribution in [-0.4, -0.2) is 39.1 Å². The van der Waals surface area contributed by atoms with Crippen LogP contribution in [0.1, 0.15) is 73.1 Å². The third-order valence-corrected chi connectivity index (χ3v) is 14.9. The number of hydrogen-bond acceptors (Lipinski definition) is 6. The van der Waals surface area contributed by atoms with Crippen molar-refractivity contribution in [2.45, 2.75) is 91.4 Å². The van der Waals surface area contributed by atoms with Gasteiger partial charge in [-0.05, 0) is 25.7 Å². The Morgan fingerprint density at radius 1 is 0.880 bits per heavy atom. The predicted octanol–water partition coefficient (Wildman–Crippen LogP) is 11.0. The van der Waals surface area contributed by atoms with Crippen LogP contribution >= 0.6 is 0 Å². The third kappa shape index (κ3) is 7.47. The Hall–Kier alpha value is -3.39. The summed E-state index contributed by atoms with van der Waals surface area (Å²) in [5, 5.41) is 15.7. The number of allylic oxidation sites excluding steroid dienone is 2. The van der Waals surface area contributed by atoms with Crippen LogP contribution in [0.5, 0.6) is 0 Å². The molecule has 0 saturated carbocycles. The molecule has 3 heterocycles. The van der Waals surface area contributed by atoms with Gasteiger partial charge in [-0.15, -0.1) is 0 Å². The standard InChI is InChI=1S/C27H22GeN3O.C15H28O2.Ir/c1-16-30-24(21-10-6-9-18-19-11-7-15-29-27(19)32-26(18)21)20-14-13-17-8-5-12-22(28(2,3)4)23(17)25(20)31-16;1-7-14(5,8-2)12(16)11-13(17)15(6,9-3)10-4;/h5-9,11-15H,1-4H3;11,16H,7-10H2,1-6H3;/q-1;;/b;12-11-;. The Balaban J connectivity index is 0.000000269. The first-order valence-electron chi connectivity index (χ1n) is 17.6. The Morgan fingerprint density at radius 2 is 1.56 bits per heavy atom. The number of pyridine rings is 1. The molecule has 0 atom stereocenters. The van der Waals surface area contributed by atoms with Crippen LogP contribution in [0.15, 0.2) is 77.0 Å². The molecule has 0 saturated heterocycles. The zero-order chi connectivity index (χ0) is 35.7. The second kappa shape index (κ2) is 15.5. The molecule has 3 aromatic heterocycles. The molecule has 0 aliphatic rings. The van der Waals surface area contributed by atoms with Gasteiger partial charge in [0.2, 0.25) is 0 Å². The average Bonchev–Trinajstić information content (AvgIpc) is 3.49. The van der Waals surface area contributed by atoms with Crippen LogP contribution in [0, 0.1) is 23.8 Å². The molecule has 0 aliphatic carbocycles. The van der Waals surface area contributed by atoms with E-state index in [4.69, 9.17) is 14.4 Å². The van der Waals surface area contributed by atoms with Gasteiger partial charge in [-0.1, -0.05) is 41.5 Å². The number of fused-ring (bicyclic) bond motifs is 6. The summed E-state index contributed by atoms with van der Waals surface area (Å²) >= 11 is -2.14. The molecule has 265 valence electrons. The minimum Gasteiger partial charge on any atom is 0 e. The molecule has 1 N–H and O–H groups in total. The van der Waals surface area contributed by atoms with Gasteiger partial charge in [0.1, 0.15) is 5.76 Å². The summed E-state index contributed by atoms with van der Waals surface area (Å²) in [6.07, 6.45) is 6.51. The molecule has 0 unspecified atom stereocenters. The minimum atomic E-state index is -2.14.